The van der Waals surface area contributed by atoms with Crippen LogP contribution in [-0.4, -0.2) is 35.8 Å². The number of hydrogen-bond donors (Lipinski definition) is 2. The SMILES string of the molecule is Cc1cc2ncc3c(-c4cccnc4)c(-c4ccccc4)c(-c4ccc(C5(N)CC(O)C5)cc4)nc3n2n1. The molecule has 4 heterocycles. The van der Waals surface area contributed by atoms with E-state index in [9.17, 15) is 5.11 Å². The van der Waals surface area contributed by atoms with Crippen LogP contribution < -0.4 is 5.73 Å². The molecule has 4 aromatic heterocycles. The third-order valence-corrected chi connectivity index (χ3v) is 7.50. The molecule has 186 valence electrons. The molecule has 0 saturated heterocycles. The fraction of sp³-hybridized carbons (Fsp3) is 0.161. The van der Waals surface area contributed by atoms with Crippen molar-refractivity contribution in [3.05, 3.63) is 103 Å². The number of benzene rings is 2. The molecule has 2 aromatic carbocycles. The maximum Gasteiger partial charge on any atom is 0.165 e. The van der Waals surface area contributed by atoms with Crippen molar-refractivity contribution < 1.29 is 5.11 Å². The average molecular weight is 499 g/mol. The standard InChI is InChI=1S/C31H26N6O/c1-19-14-26-34-18-25-27(22-8-5-13-33-17-22)28(20-6-3-2-4-7-20)29(35-30(25)37(26)36-19)21-9-11-23(12-10-21)31(32)15-24(38)16-31/h2-14,17-18,24,38H,15-16,32H2,1H3. The molecule has 0 unspecified atom stereocenters. The van der Waals surface area contributed by atoms with Crippen molar-refractivity contribution in [3.8, 4) is 33.5 Å². The highest BCUT2D eigenvalue weighted by molar-refractivity contribution is 6.06. The Bertz CT molecular complexity index is 1790. The van der Waals surface area contributed by atoms with E-state index in [1.807, 2.05) is 54.2 Å². The summed E-state index contributed by atoms with van der Waals surface area (Å²) in [7, 11) is 0. The van der Waals surface area contributed by atoms with Crippen LogP contribution in [0.25, 0.3) is 50.2 Å². The van der Waals surface area contributed by atoms with Crippen molar-refractivity contribution in [1.29, 1.82) is 0 Å². The van der Waals surface area contributed by atoms with Crippen LogP contribution in [0.5, 0.6) is 0 Å². The first-order chi connectivity index (χ1) is 18.5. The van der Waals surface area contributed by atoms with Gasteiger partial charge in [-0.15, -0.1) is 0 Å². The van der Waals surface area contributed by atoms with E-state index in [0.717, 1.165) is 61.4 Å². The van der Waals surface area contributed by atoms with Crippen LogP contribution in [-0.2, 0) is 5.54 Å². The number of aliphatic hydroxyl groups is 1. The van der Waals surface area contributed by atoms with Gasteiger partial charge in [-0.2, -0.15) is 9.61 Å². The van der Waals surface area contributed by atoms with E-state index >= 15 is 0 Å². The van der Waals surface area contributed by atoms with Gasteiger partial charge in [-0.25, -0.2) is 9.97 Å². The number of fused-ring (bicyclic) bond motifs is 3. The Hall–Kier alpha value is -4.46. The Morgan fingerprint density at radius 3 is 2.37 bits per heavy atom. The molecule has 38 heavy (non-hydrogen) atoms. The number of pyridine rings is 2. The van der Waals surface area contributed by atoms with Crippen molar-refractivity contribution in [3.63, 3.8) is 0 Å². The fourth-order valence-electron chi connectivity index (χ4n) is 5.62. The molecular formula is C31H26N6O. The lowest BCUT2D eigenvalue weighted by molar-refractivity contribution is 0.0209. The molecule has 7 nitrogen and oxygen atoms in total. The van der Waals surface area contributed by atoms with Crippen LogP contribution in [0.1, 0.15) is 24.1 Å². The Labute approximate surface area is 219 Å². The second kappa shape index (κ2) is 8.55. The predicted octanol–water partition coefficient (Wildman–Crippen LogP) is 5.29. The van der Waals surface area contributed by atoms with Crippen LogP contribution in [0.2, 0.25) is 0 Å². The van der Waals surface area contributed by atoms with Crippen LogP contribution in [0.15, 0.2) is 91.4 Å². The quantitative estimate of drug-likeness (QED) is 0.342. The second-order valence-corrected chi connectivity index (χ2v) is 10.2. The summed E-state index contributed by atoms with van der Waals surface area (Å²) in [5, 5.41) is 15.5. The highest BCUT2D eigenvalue weighted by Gasteiger charge is 2.41. The number of hydrogen-bond acceptors (Lipinski definition) is 6. The third kappa shape index (κ3) is 3.59. The van der Waals surface area contributed by atoms with E-state index < -0.39 is 5.54 Å². The van der Waals surface area contributed by atoms with E-state index in [0.29, 0.717) is 12.8 Å². The van der Waals surface area contributed by atoms with Crippen LogP contribution in [0, 0.1) is 6.92 Å². The highest BCUT2D eigenvalue weighted by atomic mass is 16.3. The lowest BCUT2D eigenvalue weighted by Crippen LogP contribution is -2.51. The zero-order chi connectivity index (χ0) is 25.9. The minimum atomic E-state index is -0.484. The van der Waals surface area contributed by atoms with Crippen molar-refractivity contribution in [2.75, 3.05) is 0 Å². The molecule has 7 heteroatoms. The summed E-state index contributed by atoms with van der Waals surface area (Å²) < 4.78 is 1.82. The summed E-state index contributed by atoms with van der Waals surface area (Å²) in [4.78, 5) is 14.4. The van der Waals surface area contributed by atoms with Gasteiger partial charge in [0.2, 0.25) is 0 Å². The smallest absolute Gasteiger partial charge is 0.165 e. The molecule has 7 rings (SSSR count). The molecule has 0 amide bonds. The second-order valence-electron chi connectivity index (χ2n) is 10.2. The highest BCUT2D eigenvalue weighted by Crippen LogP contribution is 2.44. The number of nitrogens with two attached hydrogens (primary N) is 1. The van der Waals surface area contributed by atoms with E-state index in [1.54, 1.807) is 6.20 Å². The number of rotatable bonds is 4. The molecule has 0 aliphatic heterocycles. The zero-order valence-corrected chi connectivity index (χ0v) is 20.9. The first-order valence-corrected chi connectivity index (χ1v) is 12.7. The first-order valence-electron chi connectivity index (χ1n) is 12.7. The average Bonchev–Trinajstić information content (AvgIpc) is 3.33. The molecule has 0 atom stereocenters. The van der Waals surface area contributed by atoms with Gasteiger partial charge in [0.1, 0.15) is 0 Å². The topological polar surface area (TPSA) is 102 Å². The Morgan fingerprint density at radius 2 is 1.66 bits per heavy atom. The molecule has 0 bridgehead atoms. The van der Waals surface area contributed by atoms with Gasteiger partial charge in [0.15, 0.2) is 11.3 Å². The summed E-state index contributed by atoms with van der Waals surface area (Å²) in [6.45, 7) is 1.96. The number of nitrogens with zero attached hydrogens (tertiary/aromatic N) is 5. The van der Waals surface area contributed by atoms with Crippen molar-refractivity contribution in [1.82, 2.24) is 24.6 Å². The summed E-state index contributed by atoms with van der Waals surface area (Å²) in [6, 6.07) is 24.6. The predicted molar refractivity (Wildman–Crippen MR) is 148 cm³/mol. The molecule has 0 spiro atoms. The van der Waals surface area contributed by atoms with Gasteiger partial charge in [-0.3, -0.25) is 4.98 Å². The molecule has 1 saturated carbocycles. The summed E-state index contributed by atoms with van der Waals surface area (Å²) in [5.41, 5.74) is 15.3. The summed E-state index contributed by atoms with van der Waals surface area (Å²) in [5.74, 6) is 0. The van der Waals surface area contributed by atoms with E-state index in [4.69, 9.17) is 20.8 Å². The first kappa shape index (κ1) is 22.7. The van der Waals surface area contributed by atoms with Crippen molar-refractivity contribution in [2.45, 2.75) is 31.4 Å². The van der Waals surface area contributed by atoms with Crippen LogP contribution in [0.4, 0.5) is 0 Å². The maximum absolute atomic E-state index is 9.86. The minimum Gasteiger partial charge on any atom is -0.393 e. The molecule has 3 N–H and O–H groups in total. The Kier molecular flexibility index (Phi) is 5.11. The minimum absolute atomic E-state index is 0.331. The largest absolute Gasteiger partial charge is 0.393 e. The van der Waals surface area contributed by atoms with E-state index in [-0.39, 0.29) is 6.10 Å². The van der Waals surface area contributed by atoms with Gasteiger partial charge in [-0.1, -0.05) is 60.7 Å². The lowest BCUT2D eigenvalue weighted by atomic mass is 9.70. The van der Waals surface area contributed by atoms with Gasteiger partial charge in [0, 0.05) is 57.8 Å². The number of aromatic nitrogens is 5. The van der Waals surface area contributed by atoms with Gasteiger partial charge in [0.05, 0.1) is 17.5 Å². The summed E-state index contributed by atoms with van der Waals surface area (Å²) >= 11 is 0. The zero-order valence-electron chi connectivity index (χ0n) is 20.9. The van der Waals surface area contributed by atoms with Crippen molar-refractivity contribution >= 4 is 16.7 Å². The van der Waals surface area contributed by atoms with E-state index in [1.165, 1.54) is 0 Å². The molecule has 0 radical (unpaired) electrons. The molecule has 1 fully saturated rings. The van der Waals surface area contributed by atoms with Crippen molar-refractivity contribution in [2.24, 2.45) is 5.73 Å². The molecular weight excluding hydrogens is 472 g/mol. The van der Waals surface area contributed by atoms with Gasteiger partial charge < -0.3 is 10.8 Å². The molecule has 6 aromatic rings. The molecule has 1 aliphatic rings. The Morgan fingerprint density at radius 1 is 0.895 bits per heavy atom. The van der Waals surface area contributed by atoms with Gasteiger partial charge in [0.25, 0.3) is 0 Å². The van der Waals surface area contributed by atoms with E-state index in [2.05, 4.69) is 47.4 Å². The normalized spacial score (nSPS) is 19.1. The fourth-order valence-corrected chi connectivity index (χ4v) is 5.62. The van der Waals surface area contributed by atoms with Crippen LogP contribution >= 0.6 is 0 Å². The summed E-state index contributed by atoms with van der Waals surface area (Å²) in [6.07, 6.45) is 6.37. The monoisotopic (exact) mass is 498 g/mol. The maximum atomic E-state index is 9.86. The van der Waals surface area contributed by atoms with Gasteiger partial charge >= 0.3 is 0 Å². The number of aliphatic hydroxyl groups excluding tert-OH is 1. The third-order valence-electron chi connectivity index (χ3n) is 7.50. The lowest BCUT2D eigenvalue weighted by Gasteiger charge is -2.42. The van der Waals surface area contributed by atoms with Gasteiger partial charge in [-0.05, 0) is 37.0 Å². The van der Waals surface area contributed by atoms with Crippen LogP contribution in [0.3, 0.4) is 0 Å². The Balaban J connectivity index is 1.56. The number of aryl methyl sites for hydroxylation is 1. The molecule has 1 aliphatic carbocycles.